The smallest absolute Gasteiger partial charge is 0.433 e. The Bertz CT molecular complexity index is 457. The first-order valence-corrected chi connectivity index (χ1v) is 5.07. The quantitative estimate of drug-likeness (QED) is 0.474. The standard InChI is InChI=1S/C11H10F3NO3/c1-2-18-10(17)6-8(16)7-4-3-5-9(15-7)11(12,13)14/h3-5H,2,6H2,1H3. The van der Waals surface area contributed by atoms with E-state index in [0.717, 1.165) is 18.2 Å². The molecule has 0 unspecified atom stereocenters. The van der Waals surface area contributed by atoms with Crippen LogP contribution in [-0.2, 0) is 15.7 Å². The van der Waals surface area contributed by atoms with E-state index in [2.05, 4.69) is 9.72 Å². The molecule has 0 aromatic carbocycles. The molecule has 0 bridgehead atoms. The molecule has 0 atom stereocenters. The van der Waals surface area contributed by atoms with Crippen molar-refractivity contribution in [2.24, 2.45) is 0 Å². The zero-order valence-electron chi connectivity index (χ0n) is 9.45. The summed E-state index contributed by atoms with van der Waals surface area (Å²) in [7, 11) is 0. The Hall–Kier alpha value is -1.92. The Balaban J connectivity index is 2.84. The van der Waals surface area contributed by atoms with Crippen molar-refractivity contribution in [3.63, 3.8) is 0 Å². The van der Waals surface area contributed by atoms with Crippen LogP contribution in [0, 0.1) is 0 Å². The summed E-state index contributed by atoms with van der Waals surface area (Å²) in [6, 6.07) is 2.94. The predicted molar refractivity (Wildman–Crippen MR) is 54.8 cm³/mol. The van der Waals surface area contributed by atoms with Gasteiger partial charge in [-0.3, -0.25) is 9.59 Å². The third-order valence-electron chi connectivity index (χ3n) is 1.94. The molecule has 0 radical (unpaired) electrons. The van der Waals surface area contributed by atoms with E-state index in [1.54, 1.807) is 6.92 Å². The van der Waals surface area contributed by atoms with Gasteiger partial charge in [-0.15, -0.1) is 0 Å². The van der Waals surface area contributed by atoms with Crippen LogP contribution in [0.25, 0.3) is 0 Å². The summed E-state index contributed by atoms with van der Waals surface area (Å²) in [4.78, 5) is 25.7. The number of ether oxygens (including phenoxy) is 1. The summed E-state index contributed by atoms with van der Waals surface area (Å²) in [6.07, 6.45) is -5.25. The van der Waals surface area contributed by atoms with Crippen LogP contribution in [0.1, 0.15) is 29.5 Å². The molecular formula is C11H10F3NO3. The molecule has 0 N–H and O–H groups in total. The number of rotatable bonds is 4. The number of carbonyl (C=O) groups is 2. The Kier molecular flexibility index (Phi) is 4.41. The average molecular weight is 261 g/mol. The van der Waals surface area contributed by atoms with E-state index in [0.29, 0.717) is 0 Å². The zero-order valence-corrected chi connectivity index (χ0v) is 9.45. The fraction of sp³-hybridized carbons (Fsp3) is 0.364. The molecule has 1 aromatic rings. The highest BCUT2D eigenvalue weighted by atomic mass is 19.4. The van der Waals surface area contributed by atoms with Gasteiger partial charge in [-0.2, -0.15) is 13.2 Å². The second-order valence-corrected chi connectivity index (χ2v) is 3.31. The third kappa shape index (κ3) is 3.83. The first-order chi connectivity index (χ1) is 8.34. The molecule has 0 aliphatic carbocycles. The van der Waals surface area contributed by atoms with E-state index in [1.807, 2.05) is 0 Å². The highest BCUT2D eigenvalue weighted by molar-refractivity contribution is 6.04. The van der Waals surface area contributed by atoms with E-state index in [9.17, 15) is 22.8 Å². The summed E-state index contributed by atoms with van der Waals surface area (Å²) in [5.41, 5.74) is -1.57. The Labute approximate surface area is 101 Å². The molecule has 4 nitrogen and oxygen atoms in total. The maximum Gasteiger partial charge on any atom is 0.433 e. The summed E-state index contributed by atoms with van der Waals surface area (Å²) < 4.78 is 41.6. The van der Waals surface area contributed by atoms with Gasteiger partial charge in [0.25, 0.3) is 0 Å². The maximum atomic E-state index is 12.3. The van der Waals surface area contributed by atoms with Crippen molar-refractivity contribution in [2.45, 2.75) is 19.5 Å². The van der Waals surface area contributed by atoms with Crippen LogP contribution in [0.2, 0.25) is 0 Å². The number of halogens is 3. The predicted octanol–water partition coefficient (Wildman–Crippen LogP) is 2.24. The minimum Gasteiger partial charge on any atom is -0.466 e. The van der Waals surface area contributed by atoms with Gasteiger partial charge in [0.05, 0.1) is 6.61 Å². The summed E-state index contributed by atoms with van der Waals surface area (Å²) in [6.45, 7) is 1.66. The van der Waals surface area contributed by atoms with Crippen LogP contribution in [0.4, 0.5) is 13.2 Å². The number of ketones is 1. The van der Waals surface area contributed by atoms with Gasteiger partial charge in [0.1, 0.15) is 17.8 Å². The molecule has 0 spiro atoms. The van der Waals surface area contributed by atoms with Crippen molar-refractivity contribution in [1.29, 1.82) is 0 Å². The normalized spacial score (nSPS) is 11.1. The molecule has 18 heavy (non-hydrogen) atoms. The number of aromatic nitrogens is 1. The zero-order chi connectivity index (χ0) is 13.8. The molecule has 0 aliphatic heterocycles. The van der Waals surface area contributed by atoms with Gasteiger partial charge in [-0.25, -0.2) is 4.98 Å². The van der Waals surface area contributed by atoms with Crippen molar-refractivity contribution in [2.75, 3.05) is 6.61 Å². The summed E-state index contributed by atoms with van der Waals surface area (Å²) in [5, 5.41) is 0. The molecule has 0 saturated carbocycles. The van der Waals surface area contributed by atoms with E-state index in [1.165, 1.54) is 0 Å². The monoisotopic (exact) mass is 261 g/mol. The van der Waals surface area contributed by atoms with Crippen LogP contribution in [-0.4, -0.2) is 23.3 Å². The van der Waals surface area contributed by atoms with Crippen LogP contribution in [0.5, 0.6) is 0 Å². The number of hydrogen-bond donors (Lipinski definition) is 0. The molecule has 7 heteroatoms. The number of hydrogen-bond acceptors (Lipinski definition) is 4. The number of carbonyl (C=O) groups excluding carboxylic acids is 2. The Morgan fingerprint density at radius 3 is 2.56 bits per heavy atom. The lowest BCUT2D eigenvalue weighted by molar-refractivity contribution is -0.142. The maximum absolute atomic E-state index is 12.3. The highest BCUT2D eigenvalue weighted by Gasteiger charge is 2.33. The van der Waals surface area contributed by atoms with Crippen molar-refractivity contribution in [3.05, 3.63) is 29.6 Å². The fourth-order valence-corrected chi connectivity index (χ4v) is 1.18. The number of pyridine rings is 1. The number of alkyl halides is 3. The van der Waals surface area contributed by atoms with Gasteiger partial charge in [-0.05, 0) is 19.1 Å². The molecule has 1 heterocycles. The molecule has 1 aromatic heterocycles. The first-order valence-electron chi connectivity index (χ1n) is 5.07. The molecule has 0 aliphatic rings. The van der Waals surface area contributed by atoms with Crippen molar-refractivity contribution < 1.29 is 27.5 Å². The van der Waals surface area contributed by atoms with Crippen LogP contribution < -0.4 is 0 Å². The van der Waals surface area contributed by atoms with Crippen LogP contribution in [0.15, 0.2) is 18.2 Å². The SMILES string of the molecule is CCOC(=O)CC(=O)c1cccc(C(F)(F)F)n1. The van der Waals surface area contributed by atoms with Gasteiger partial charge in [0, 0.05) is 0 Å². The van der Waals surface area contributed by atoms with Crippen molar-refractivity contribution in [3.8, 4) is 0 Å². The number of esters is 1. The lowest BCUT2D eigenvalue weighted by Crippen LogP contribution is -2.15. The Morgan fingerprint density at radius 1 is 1.33 bits per heavy atom. The van der Waals surface area contributed by atoms with Gasteiger partial charge in [-0.1, -0.05) is 6.07 Å². The third-order valence-corrected chi connectivity index (χ3v) is 1.94. The van der Waals surface area contributed by atoms with Gasteiger partial charge >= 0.3 is 12.1 Å². The van der Waals surface area contributed by atoms with E-state index < -0.39 is 35.7 Å². The van der Waals surface area contributed by atoms with Gasteiger partial charge in [0.2, 0.25) is 0 Å². The number of nitrogens with zero attached hydrogens (tertiary/aromatic N) is 1. The summed E-state index contributed by atoms with van der Waals surface area (Å²) >= 11 is 0. The lowest BCUT2D eigenvalue weighted by atomic mass is 10.2. The minimum atomic E-state index is -4.62. The molecule has 0 amide bonds. The van der Waals surface area contributed by atoms with Crippen LogP contribution >= 0.6 is 0 Å². The molecular weight excluding hydrogens is 251 g/mol. The Morgan fingerprint density at radius 2 is 2.00 bits per heavy atom. The van der Waals surface area contributed by atoms with E-state index >= 15 is 0 Å². The molecule has 1 rings (SSSR count). The van der Waals surface area contributed by atoms with Gasteiger partial charge < -0.3 is 4.74 Å². The average Bonchev–Trinajstić information content (AvgIpc) is 2.28. The minimum absolute atomic E-state index is 0.0993. The highest BCUT2D eigenvalue weighted by Crippen LogP contribution is 2.27. The second-order valence-electron chi connectivity index (χ2n) is 3.31. The topological polar surface area (TPSA) is 56.3 Å². The largest absolute Gasteiger partial charge is 0.466 e. The molecule has 0 fully saturated rings. The van der Waals surface area contributed by atoms with E-state index in [4.69, 9.17) is 0 Å². The molecule has 0 saturated heterocycles. The second kappa shape index (κ2) is 5.61. The lowest BCUT2D eigenvalue weighted by Gasteiger charge is -2.06. The number of Topliss-reactive ketones (excluding diaryl/α,β-unsaturated/α-hetero) is 1. The van der Waals surface area contributed by atoms with Crippen molar-refractivity contribution >= 4 is 11.8 Å². The fourth-order valence-electron chi connectivity index (χ4n) is 1.18. The molecule has 98 valence electrons. The van der Waals surface area contributed by atoms with E-state index in [-0.39, 0.29) is 6.61 Å². The van der Waals surface area contributed by atoms with Crippen LogP contribution in [0.3, 0.4) is 0 Å². The van der Waals surface area contributed by atoms with Crippen molar-refractivity contribution in [1.82, 2.24) is 4.98 Å². The summed E-state index contributed by atoms with van der Waals surface area (Å²) in [5.74, 6) is -1.60. The first kappa shape index (κ1) is 14.1. The van der Waals surface area contributed by atoms with Gasteiger partial charge in [0.15, 0.2) is 5.78 Å².